The van der Waals surface area contributed by atoms with Crippen LogP contribution in [-0.4, -0.2) is 37.3 Å². The zero-order chi connectivity index (χ0) is 19.6. The summed E-state index contributed by atoms with van der Waals surface area (Å²) in [5, 5.41) is 4.52. The smallest absolute Gasteiger partial charge is 0.307 e. The molecular formula is C17H23N3O4S2. The molecule has 0 radical (unpaired) electrons. The van der Waals surface area contributed by atoms with Crippen molar-refractivity contribution < 1.29 is 13.2 Å². The largest absolute Gasteiger partial charge is 0.326 e. The molecule has 2 rings (SSSR count). The van der Waals surface area contributed by atoms with Crippen molar-refractivity contribution in [2.75, 3.05) is 19.4 Å². The van der Waals surface area contributed by atoms with E-state index < -0.39 is 10.0 Å². The van der Waals surface area contributed by atoms with Gasteiger partial charge in [0.05, 0.1) is 4.90 Å². The third-order valence-electron chi connectivity index (χ3n) is 4.23. The van der Waals surface area contributed by atoms with E-state index in [1.54, 1.807) is 22.9 Å². The number of hydrogen-bond donors (Lipinski definition) is 1. The maximum atomic E-state index is 12.4. The van der Waals surface area contributed by atoms with Gasteiger partial charge >= 0.3 is 4.87 Å². The lowest BCUT2D eigenvalue weighted by molar-refractivity contribution is -0.116. The van der Waals surface area contributed by atoms with E-state index in [2.05, 4.69) is 5.32 Å². The Morgan fingerprint density at radius 1 is 1.23 bits per heavy atom. The Balaban J connectivity index is 2.22. The van der Waals surface area contributed by atoms with E-state index in [0.29, 0.717) is 5.69 Å². The van der Waals surface area contributed by atoms with Crippen LogP contribution in [0, 0.1) is 20.8 Å². The monoisotopic (exact) mass is 397 g/mol. The van der Waals surface area contributed by atoms with E-state index in [-0.39, 0.29) is 28.6 Å². The number of nitrogens with zero attached hydrogens (tertiary/aromatic N) is 2. The molecule has 1 amide bonds. The first-order chi connectivity index (χ1) is 12.0. The average molecular weight is 398 g/mol. The highest BCUT2D eigenvalue weighted by molar-refractivity contribution is 7.89. The van der Waals surface area contributed by atoms with Crippen LogP contribution in [0.25, 0.3) is 0 Å². The second-order valence-corrected chi connectivity index (χ2v) is 9.27. The highest BCUT2D eigenvalue weighted by Crippen LogP contribution is 2.25. The molecule has 26 heavy (non-hydrogen) atoms. The number of carbonyl (C=O) groups is 1. The molecule has 0 bridgehead atoms. The molecule has 0 unspecified atom stereocenters. The number of hydrogen-bond acceptors (Lipinski definition) is 5. The molecular weight excluding hydrogens is 374 g/mol. The van der Waals surface area contributed by atoms with E-state index in [1.807, 2.05) is 13.8 Å². The number of amides is 1. The van der Waals surface area contributed by atoms with Gasteiger partial charge in [-0.15, -0.1) is 0 Å². The number of aryl methyl sites for hydroxylation is 2. The molecule has 2 aromatic rings. The van der Waals surface area contributed by atoms with Gasteiger partial charge in [0.25, 0.3) is 0 Å². The van der Waals surface area contributed by atoms with Gasteiger partial charge in [-0.1, -0.05) is 11.3 Å². The van der Waals surface area contributed by atoms with Gasteiger partial charge in [-0.25, -0.2) is 12.7 Å². The molecule has 0 saturated heterocycles. The minimum Gasteiger partial charge on any atom is -0.326 e. The van der Waals surface area contributed by atoms with Gasteiger partial charge < -0.3 is 9.88 Å². The first-order valence-electron chi connectivity index (χ1n) is 8.02. The lowest BCUT2D eigenvalue weighted by Crippen LogP contribution is -2.23. The zero-order valence-corrected chi connectivity index (χ0v) is 17.1. The molecule has 1 aromatic carbocycles. The summed E-state index contributed by atoms with van der Waals surface area (Å²) in [6.45, 7) is 5.73. The topological polar surface area (TPSA) is 88.5 Å². The number of rotatable bonds is 6. The van der Waals surface area contributed by atoms with Crippen molar-refractivity contribution in [2.24, 2.45) is 0 Å². The van der Waals surface area contributed by atoms with Crippen LogP contribution in [-0.2, 0) is 21.4 Å². The molecule has 0 aliphatic rings. The molecule has 142 valence electrons. The van der Waals surface area contributed by atoms with E-state index >= 15 is 0 Å². The molecule has 0 atom stereocenters. The quantitative estimate of drug-likeness (QED) is 0.809. The Morgan fingerprint density at radius 3 is 2.42 bits per heavy atom. The Kier molecular flexibility index (Phi) is 6.05. The van der Waals surface area contributed by atoms with E-state index in [4.69, 9.17) is 0 Å². The summed E-state index contributed by atoms with van der Waals surface area (Å²) in [5.74, 6) is -0.274. The normalized spacial score (nSPS) is 11.8. The molecule has 0 aliphatic heterocycles. The predicted octanol–water partition coefficient (Wildman–Crippen LogP) is 2.11. The Hall–Kier alpha value is -1.97. The van der Waals surface area contributed by atoms with Crippen LogP contribution in [0.3, 0.4) is 0 Å². The molecule has 1 N–H and O–H groups in total. The zero-order valence-electron chi connectivity index (χ0n) is 15.5. The summed E-state index contributed by atoms with van der Waals surface area (Å²) in [7, 11) is -0.671. The van der Waals surface area contributed by atoms with Gasteiger partial charge in [0.15, 0.2) is 0 Å². The minimum absolute atomic E-state index is 0.0959. The molecule has 0 aliphatic carbocycles. The number of thiazole rings is 1. The van der Waals surface area contributed by atoms with Crippen molar-refractivity contribution in [3.63, 3.8) is 0 Å². The molecule has 7 nitrogen and oxygen atoms in total. The van der Waals surface area contributed by atoms with Gasteiger partial charge in [0.1, 0.15) is 0 Å². The van der Waals surface area contributed by atoms with E-state index in [9.17, 15) is 18.0 Å². The van der Waals surface area contributed by atoms with Crippen LogP contribution in [0.1, 0.15) is 23.2 Å². The Bertz CT molecular complexity index is 988. The van der Waals surface area contributed by atoms with Gasteiger partial charge in [0.2, 0.25) is 15.9 Å². The first kappa shape index (κ1) is 20.3. The summed E-state index contributed by atoms with van der Waals surface area (Å²) < 4.78 is 27.4. The highest BCUT2D eigenvalue weighted by Gasteiger charge is 2.20. The second-order valence-electron chi connectivity index (χ2n) is 6.29. The minimum atomic E-state index is -3.60. The summed E-state index contributed by atoms with van der Waals surface area (Å²) in [6.07, 6.45) is 0.126. The highest BCUT2D eigenvalue weighted by atomic mass is 32.2. The van der Waals surface area contributed by atoms with Gasteiger partial charge in [-0.3, -0.25) is 9.59 Å². The maximum Gasteiger partial charge on any atom is 0.307 e. The lowest BCUT2D eigenvalue weighted by Gasteiger charge is -2.16. The van der Waals surface area contributed by atoms with Crippen molar-refractivity contribution in [3.8, 4) is 0 Å². The number of carbonyl (C=O) groups excluding carboxylic acids is 1. The standard InChI is InChI=1S/C17H23N3O4S2/c1-11-8-14(26(23,24)19(4)5)9-15(13(11)3)18-16(21)6-7-20-12(2)10-25-17(20)22/h8-10H,6-7H2,1-5H3,(H,18,21). The number of sulfonamides is 1. The van der Waals surface area contributed by atoms with Crippen LogP contribution >= 0.6 is 11.3 Å². The second kappa shape index (κ2) is 7.73. The fourth-order valence-corrected chi connectivity index (χ4v) is 4.19. The fraction of sp³-hybridized carbons (Fsp3) is 0.412. The van der Waals surface area contributed by atoms with E-state index in [1.165, 1.54) is 20.2 Å². The van der Waals surface area contributed by atoms with Crippen LogP contribution in [0.15, 0.2) is 27.2 Å². The van der Waals surface area contributed by atoms with E-state index in [0.717, 1.165) is 32.5 Å². The molecule has 0 spiro atoms. The SMILES string of the molecule is Cc1cc(S(=O)(=O)N(C)C)cc(NC(=O)CCn2c(C)csc2=O)c1C. The fourth-order valence-electron chi connectivity index (χ4n) is 2.42. The van der Waals surface area contributed by atoms with Crippen molar-refractivity contribution in [3.05, 3.63) is 44.0 Å². The Labute approximate surface area is 157 Å². The van der Waals surface area contributed by atoms with Crippen LogP contribution in [0.4, 0.5) is 5.69 Å². The first-order valence-corrected chi connectivity index (χ1v) is 10.3. The number of benzene rings is 1. The molecule has 1 heterocycles. The molecule has 9 heteroatoms. The van der Waals surface area contributed by atoms with Crippen LogP contribution in [0.2, 0.25) is 0 Å². The van der Waals surface area contributed by atoms with Crippen LogP contribution < -0.4 is 10.2 Å². The number of aromatic nitrogens is 1. The Morgan fingerprint density at radius 2 is 1.88 bits per heavy atom. The van der Waals surface area contributed by atoms with Gasteiger partial charge in [0, 0.05) is 43.8 Å². The molecule has 0 fully saturated rings. The number of anilines is 1. The van der Waals surface area contributed by atoms with Crippen molar-refractivity contribution in [2.45, 2.75) is 38.6 Å². The van der Waals surface area contributed by atoms with Crippen molar-refractivity contribution in [1.29, 1.82) is 0 Å². The van der Waals surface area contributed by atoms with Gasteiger partial charge in [-0.05, 0) is 44.0 Å². The maximum absolute atomic E-state index is 12.4. The van der Waals surface area contributed by atoms with Crippen molar-refractivity contribution in [1.82, 2.24) is 8.87 Å². The van der Waals surface area contributed by atoms with Gasteiger partial charge in [-0.2, -0.15) is 0 Å². The lowest BCUT2D eigenvalue weighted by atomic mass is 10.1. The molecule has 0 saturated carbocycles. The summed E-state index contributed by atoms with van der Waals surface area (Å²) in [5.41, 5.74) is 2.86. The third kappa shape index (κ3) is 4.22. The summed E-state index contributed by atoms with van der Waals surface area (Å²) >= 11 is 1.10. The average Bonchev–Trinajstić information content (AvgIpc) is 2.87. The summed E-state index contributed by atoms with van der Waals surface area (Å²) in [6, 6.07) is 3.06. The van der Waals surface area contributed by atoms with Crippen LogP contribution in [0.5, 0.6) is 0 Å². The number of nitrogens with one attached hydrogen (secondary N) is 1. The predicted molar refractivity (Wildman–Crippen MR) is 103 cm³/mol. The summed E-state index contributed by atoms with van der Waals surface area (Å²) in [4.78, 5) is 24.0. The molecule has 1 aromatic heterocycles. The van der Waals surface area contributed by atoms with Crippen molar-refractivity contribution >= 4 is 33.0 Å². The third-order valence-corrected chi connectivity index (χ3v) is 6.91.